The molecular formula is C28H27N5O3. The van der Waals surface area contributed by atoms with Crippen molar-refractivity contribution in [2.75, 3.05) is 26.2 Å². The second kappa shape index (κ2) is 9.49. The molecule has 8 nitrogen and oxygen atoms in total. The number of rotatable bonds is 5. The van der Waals surface area contributed by atoms with Gasteiger partial charge in [0, 0.05) is 40.8 Å². The Bertz CT molecular complexity index is 1440. The normalized spacial score (nSPS) is 19.7. The maximum atomic E-state index is 9.65. The molecule has 3 heterocycles. The van der Waals surface area contributed by atoms with Crippen LogP contribution in [0.4, 0.5) is 0 Å². The van der Waals surface area contributed by atoms with Crippen molar-refractivity contribution in [3.63, 3.8) is 0 Å². The first-order valence-electron chi connectivity index (χ1n) is 12.1. The van der Waals surface area contributed by atoms with E-state index in [1.807, 2.05) is 54.6 Å². The van der Waals surface area contributed by atoms with Crippen LogP contribution < -0.4 is 15.4 Å². The van der Waals surface area contributed by atoms with Crippen LogP contribution in [0.25, 0.3) is 22.2 Å². The largest absolute Gasteiger partial charge is 0.457 e. The van der Waals surface area contributed by atoms with Crippen molar-refractivity contribution >= 4 is 22.6 Å². The van der Waals surface area contributed by atoms with Gasteiger partial charge >= 0.3 is 0 Å². The smallest absolute Gasteiger partial charge is 0.128 e. The molecule has 0 fully saturated rings. The second-order valence-corrected chi connectivity index (χ2v) is 9.08. The topological polar surface area (TPSA) is 114 Å². The first kappa shape index (κ1) is 22.3. The van der Waals surface area contributed by atoms with E-state index in [1.165, 1.54) is 0 Å². The first-order valence-corrected chi connectivity index (χ1v) is 12.1. The van der Waals surface area contributed by atoms with Gasteiger partial charge in [-0.1, -0.05) is 12.1 Å². The molecule has 6 rings (SSSR count). The molecule has 2 atom stereocenters. The van der Waals surface area contributed by atoms with Crippen LogP contribution in [-0.2, 0) is 0 Å². The lowest BCUT2D eigenvalue weighted by atomic mass is 10.1. The Balaban J connectivity index is 1.15. The summed E-state index contributed by atoms with van der Waals surface area (Å²) in [5.41, 5.74) is 5.09. The van der Waals surface area contributed by atoms with Gasteiger partial charge in [-0.05, 0) is 66.2 Å². The van der Waals surface area contributed by atoms with Gasteiger partial charge in [0.05, 0.1) is 25.3 Å². The van der Waals surface area contributed by atoms with E-state index < -0.39 is 12.2 Å². The molecule has 2 unspecified atom stereocenters. The molecule has 2 aliphatic heterocycles. The molecule has 3 aromatic carbocycles. The number of ether oxygens (including phenoxy) is 1. The molecule has 0 amide bonds. The molecule has 2 aliphatic rings. The van der Waals surface area contributed by atoms with Crippen LogP contribution in [0.15, 0.2) is 82.8 Å². The highest BCUT2D eigenvalue weighted by molar-refractivity contribution is 6.02. The van der Waals surface area contributed by atoms with E-state index in [2.05, 4.69) is 43.8 Å². The average Bonchev–Trinajstić information content (AvgIpc) is 3.34. The summed E-state index contributed by atoms with van der Waals surface area (Å²) < 4.78 is 6.03. The molecule has 5 N–H and O–H groups in total. The van der Waals surface area contributed by atoms with E-state index in [-0.39, 0.29) is 0 Å². The Morgan fingerprint density at radius 1 is 0.667 bits per heavy atom. The fourth-order valence-electron chi connectivity index (χ4n) is 4.40. The van der Waals surface area contributed by atoms with Gasteiger partial charge in [0.25, 0.3) is 0 Å². The van der Waals surface area contributed by atoms with Gasteiger partial charge in [-0.25, -0.2) is 0 Å². The van der Waals surface area contributed by atoms with E-state index in [4.69, 9.17) is 4.74 Å². The van der Waals surface area contributed by atoms with Crippen LogP contribution in [-0.4, -0.2) is 65.3 Å². The molecule has 4 aromatic rings. The number of β-amino-alcohol motifs (C(OH)–C–C–N with tert-alkyl or cyclic N) is 2. The average molecular weight is 482 g/mol. The number of aromatic amines is 1. The molecule has 36 heavy (non-hydrogen) atoms. The summed E-state index contributed by atoms with van der Waals surface area (Å²) >= 11 is 0. The highest BCUT2D eigenvalue weighted by Gasteiger charge is 2.15. The maximum absolute atomic E-state index is 9.65. The zero-order chi connectivity index (χ0) is 24.5. The summed E-state index contributed by atoms with van der Waals surface area (Å²) in [7, 11) is 0. The van der Waals surface area contributed by atoms with Gasteiger partial charge in [0.15, 0.2) is 0 Å². The van der Waals surface area contributed by atoms with Gasteiger partial charge in [0.1, 0.15) is 23.2 Å². The van der Waals surface area contributed by atoms with Crippen molar-refractivity contribution in [2.24, 2.45) is 9.98 Å². The van der Waals surface area contributed by atoms with Crippen molar-refractivity contribution in [1.82, 2.24) is 15.6 Å². The van der Waals surface area contributed by atoms with Gasteiger partial charge in [-0.2, -0.15) is 0 Å². The first-order chi connectivity index (χ1) is 17.6. The number of H-pyrrole nitrogens is 1. The molecule has 0 saturated carbocycles. The van der Waals surface area contributed by atoms with E-state index in [1.54, 1.807) is 0 Å². The molecule has 1 aromatic heterocycles. The number of hydrogen-bond acceptors (Lipinski definition) is 7. The van der Waals surface area contributed by atoms with Crippen molar-refractivity contribution in [2.45, 2.75) is 12.2 Å². The van der Waals surface area contributed by atoms with Crippen LogP contribution in [0.2, 0.25) is 0 Å². The minimum atomic E-state index is -0.425. The Morgan fingerprint density at radius 2 is 1.22 bits per heavy atom. The van der Waals surface area contributed by atoms with Gasteiger partial charge in [0.2, 0.25) is 0 Å². The van der Waals surface area contributed by atoms with Gasteiger partial charge in [-0.15, -0.1) is 0 Å². The summed E-state index contributed by atoms with van der Waals surface area (Å²) in [5, 5.41) is 26.7. The van der Waals surface area contributed by atoms with Crippen molar-refractivity contribution in [1.29, 1.82) is 0 Å². The molecule has 0 bridgehead atoms. The number of benzene rings is 3. The summed E-state index contributed by atoms with van der Waals surface area (Å²) in [6.45, 7) is 1.87. The van der Waals surface area contributed by atoms with Crippen molar-refractivity contribution in [3.8, 4) is 22.8 Å². The zero-order valence-corrected chi connectivity index (χ0v) is 19.6. The zero-order valence-electron chi connectivity index (χ0n) is 19.6. The van der Waals surface area contributed by atoms with Crippen LogP contribution in [0.3, 0.4) is 0 Å². The highest BCUT2D eigenvalue weighted by Crippen LogP contribution is 2.28. The van der Waals surface area contributed by atoms with Crippen molar-refractivity contribution < 1.29 is 14.9 Å². The lowest BCUT2D eigenvalue weighted by Crippen LogP contribution is -2.39. The SMILES string of the molecule is OC1CN=C(c2ccc(Oc3ccc(-c4cc5ccc(C6=NCC(O)CN6)cc5[nH]4)cc3)cc2)NC1. The third kappa shape index (κ3) is 4.68. The second-order valence-electron chi connectivity index (χ2n) is 9.08. The molecule has 0 saturated heterocycles. The number of aliphatic hydroxyl groups excluding tert-OH is 2. The summed E-state index contributed by atoms with van der Waals surface area (Å²) in [6, 6.07) is 24.1. The number of nitrogens with one attached hydrogen (secondary N) is 3. The van der Waals surface area contributed by atoms with E-state index >= 15 is 0 Å². The van der Waals surface area contributed by atoms with Gasteiger partial charge < -0.3 is 30.6 Å². The number of hydrogen-bond donors (Lipinski definition) is 5. The molecule has 0 aliphatic carbocycles. The standard InChI is InChI=1S/C28H27N5O3/c34-21-13-29-27(30-14-21)18-5-9-24(10-6-18)36-23-7-3-17(4-8-23)25-11-19-1-2-20(12-26(19)33-25)28-31-15-22(35)16-32-28/h1-12,21-22,33-35H,13-16H2,(H,29,30)(H,31,32). The molecule has 0 radical (unpaired) electrons. The molecule has 0 spiro atoms. The third-order valence-electron chi connectivity index (χ3n) is 6.36. The highest BCUT2D eigenvalue weighted by atomic mass is 16.5. The van der Waals surface area contributed by atoms with E-state index in [9.17, 15) is 10.2 Å². The number of nitrogens with zero attached hydrogens (tertiary/aromatic N) is 2. The van der Waals surface area contributed by atoms with Crippen molar-refractivity contribution in [3.05, 3.63) is 83.9 Å². The minimum Gasteiger partial charge on any atom is -0.457 e. The Hall–Kier alpha value is -4.14. The number of amidine groups is 2. The Labute approximate surface area is 208 Å². The fourth-order valence-corrected chi connectivity index (χ4v) is 4.40. The lowest BCUT2D eigenvalue weighted by molar-refractivity contribution is 0.181. The monoisotopic (exact) mass is 481 g/mol. The quantitative estimate of drug-likeness (QED) is 0.301. The minimum absolute atomic E-state index is 0.419. The molecule has 182 valence electrons. The van der Waals surface area contributed by atoms with Crippen LogP contribution in [0.1, 0.15) is 11.1 Å². The molecular weight excluding hydrogens is 454 g/mol. The predicted molar refractivity (Wildman–Crippen MR) is 141 cm³/mol. The summed E-state index contributed by atoms with van der Waals surface area (Å²) in [4.78, 5) is 12.3. The molecule has 8 heteroatoms. The number of aliphatic imine (C=N–C) groups is 2. The number of fused-ring (bicyclic) bond motifs is 1. The summed E-state index contributed by atoms with van der Waals surface area (Å²) in [5.74, 6) is 3.11. The number of aliphatic hydroxyl groups is 2. The maximum Gasteiger partial charge on any atom is 0.128 e. The third-order valence-corrected chi connectivity index (χ3v) is 6.36. The lowest BCUT2D eigenvalue weighted by Gasteiger charge is -2.19. The van der Waals surface area contributed by atoms with Crippen LogP contribution in [0, 0.1) is 0 Å². The van der Waals surface area contributed by atoms with Crippen LogP contribution in [0.5, 0.6) is 11.5 Å². The van der Waals surface area contributed by atoms with E-state index in [0.29, 0.717) is 26.2 Å². The van der Waals surface area contributed by atoms with E-state index in [0.717, 1.165) is 56.5 Å². The summed E-state index contributed by atoms with van der Waals surface area (Å²) in [6.07, 6.45) is -0.851. The van der Waals surface area contributed by atoms with Gasteiger partial charge in [-0.3, -0.25) is 9.98 Å². The fraction of sp³-hybridized carbons (Fsp3) is 0.214. The number of aromatic nitrogens is 1. The van der Waals surface area contributed by atoms with Crippen LogP contribution >= 0.6 is 0 Å². The Kier molecular flexibility index (Phi) is 5.88. The Morgan fingerprint density at radius 3 is 1.81 bits per heavy atom. The predicted octanol–water partition coefficient (Wildman–Crippen LogP) is 3.05.